The second-order valence-corrected chi connectivity index (χ2v) is 15.7. The fourth-order valence-electron chi connectivity index (χ4n) is 5.93. The highest BCUT2D eigenvalue weighted by molar-refractivity contribution is 7.89. The Labute approximate surface area is 272 Å². The number of nitrogens with one attached hydrogen (secondary N) is 3. The molecular formula is C33H44N4O7S2. The van der Waals surface area contributed by atoms with Crippen molar-refractivity contribution in [1.29, 1.82) is 0 Å². The van der Waals surface area contributed by atoms with Gasteiger partial charge in [0.2, 0.25) is 20.0 Å². The molecule has 5 rings (SSSR count). The van der Waals surface area contributed by atoms with E-state index in [0.29, 0.717) is 38.3 Å². The van der Waals surface area contributed by atoms with Gasteiger partial charge in [0.1, 0.15) is 18.5 Å². The first kappa shape index (κ1) is 34.5. The number of aliphatic hydroxyl groups is 1. The number of aliphatic hydroxyl groups excluding tert-OH is 1. The zero-order valence-corrected chi connectivity index (χ0v) is 27.9. The van der Waals surface area contributed by atoms with Crippen LogP contribution in [0.15, 0.2) is 82.6 Å². The van der Waals surface area contributed by atoms with Gasteiger partial charge in [-0.05, 0) is 73.8 Å². The number of piperidine rings is 1. The van der Waals surface area contributed by atoms with Crippen LogP contribution in [-0.2, 0) is 31.3 Å². The summed E-state index contributed by atoms with van der Waals surface area (Å²) in [5, 5.41) is 17.1. The number of hydrogen-bond donors (Lipinski definition) is 4. The first-order valence-electron chi connectivity index (χ1n) is 15.7. The van der Waals surface area contributed by atoms with Gasteiger partial charge in [0.05, 0.1) is 22.0 Å². The molecule has 2 fully saturated rings. The van der Waals surface area contributed by atoms with Crippen molar-refractivity contribution in [3.63, 3.8) is 0 Å². The molecule has 0 aliphatic carbocycles. The maximum Gasteiger partial charge on any atom is 0.243 e. The first-order chi connectivity index (χ1) is 22.0. The van der Waals surface area contributed by atoms with Gasteiger partial charge in [-0.15, -0.1) is 0 Å². The molecule has 1 unspecified atom stereocenters. The predicted octanol–water partition coefficient (Wildman–Crippen LogP) is 2.71. The lowest BCUT2D eigenvalue weighted by atomic mass is 9.88. The Hall–Kier alpha value is -2.88. The highest BCUT2D eigenvalue weighted by Gasteiger charge is 2.44. The summed E-state index contributed by atoms with van der Waals surface area (Å²) < 4.78 is 67.0. The lowest BCUT2D eigenvalue weighted by Crippen LogP contribution is -2.47. The molecule has 2 saturated heterocycles. The van der Waals surface area contributed by atoms with Crippen molar-refractivity contribution < 1.29 is 31.4 Å². The Bertz CT molecular complexity index is 1680. The van der Waals surface area contributed by atoms with Crippen molar-refractivity contribution >= 4 is 20.0 Å². The van der Waals surface area contributed by atoms with E-state index < -0.39 is 31.8 Å². The molecule has 0 amide bonds. The van der Waals surface area contributed by atoms with Gasteiger partial charge in [0, 0.05) is 38.3 Å². The number of benzene rings is 3. The zero-order chi connectivity index (χ0) is 32.8. The van der Waals surface area contributed by atoms with Crippen molar-refractivity contribution in [3.05, 3.63) is 78.4 Å². The van der Waals surface area contributed by atoms with Crippen molar-refractivity contribution in [3.8, 4) is 16.9 Å². The Balaban J connectivity index is 1.10. The van der Waals surface area contributed by atoms with Gasteiger partial charge in [-0.1, -0.05) is 49.4 Å². The second-order valence-electron chi connectivity index (χ2n) is 11.9. The van der Waals surface area contributed by atoms with E-state index in [0.717, 1.165) is 30.6 Å². The van der Waals surface area contributed by atoms with Crippen LogP contribution >= 0.6 is 0 Å². The molecule has 0 radical (unpaired) electrons. The lowest BCUT2D eigenvalue weighted by molar-refractivity contribution is -0.0312. The average Bonchev–Trinajstić information content (AvgIpc) is 3.47. The molecule has 250 valence electrons. The Morgan fingerprint density at radius 1 is 0.978 bits per heavy atom. The highest BCUT2D eigenvalue weighted by Crippen LogP contribution is 2.37. The molecule has 3 aromatic carbocycles. The van der Waals surface area contributed by atoms with Crippen LogP contribution in [0, 0.1) is 0 Å². The molecule has 13 heteroatoms. The SMILES string of the molecule is CCNCc1ccc(-c2cccc(S(=O)(=O)N3CCC4(CC3)CC(NC[C@H](O)COc3cccc(S(=O)(=O)NC)c3)CO4)c2)cc1. The van der Waals surface area contributed by atoms with Crippen LogP contribution in [0.3, 0.4) is 0 Å². The van der Waals surface area contributed by atoms with Gasteiger partial charge in [0.15, 0.2) is 0 Å². The molecule has 4 N–H and O–H groups in total. The Morgan fingerprint density at radius 3 is 2.41 bits per heavy atom. The summed E-state index contributed by atoms with van der Waals surface area (Å²) in [7, 11) is -5.92. The van der Waals surface area contributed by atoms with Crippen LogP contribution in [0.5, 0.6) is 5.75 Å². The molecule has 1 spiro atoms. The summed E-state index contributed by atoms with van der Waals surface area (Å²) in [6.07, 6.45) is 1.08. The third-order valence-corrected chi connectivity index (χ3v) is 12.0. The summed E-state index contributed by atoms with van der Waals surface area (Å²) in [5.74, 6) is 0.348. The molecule has 0 bridgehead atoms. The fraction of sp³-hybridized carbons (Fsp3) is 0.455. The van der Waals surface area contributed by atoms with Crippen LogP contribution in [-0.4, -0.2) is 90.4 Å². The van der Waals surface area contributed by atoms with Gasteiger partial charge in [-0.3, -0.25) is 0 Å². The number of sulfonamides is 2. The molecule has 2 aliphatic rings. The lowest BCUT2D eigenvalue weighted by Gasteiger charge is -2.38. The number of rotatable bonds is 14. The number of hydrogen-bond acceptors (Lipinski definition) is 9. The maximum absolute atomic E-state index is 13.6. The van der Waals surface area contributed by atoms with Crippen molar-refractivity contribution in [2.75, 3.05) is 46.4 Å². The van der Waals surface area contributed by atoms with Crippen molar-refractivity contribution in [2.45, 2.75) is 60.3 Å². The molecule has 3 aromatic rings. The average molecular weight is 673 g/mol. The van der Waals surface area contributed by atoms with E-state index in [2.05, 4.69) is 34.4 Å². The molecule has 0 saturated carbocycles. The van der Waals surface area contributed by atoms with E-state index in [1.165, 1.54) is 24.7 Å². The van der Waals surface area contributed by atoms with Crippen LogP contribution in [0.1, 0.15) is 31.7 Å². The van der Waals surface area contributed by atoms with Gasteiger partial charge >= 0.3 is 0 Å². The molecule has 11 nitrogen and oxygen atoms in total. The standard InChI is InChI=1S/C33H44N4O7S2/c1-3-35-21-25-10-12-26(13-11-25)27-6-4-9-32(18-27)46(41,42)37-16-14-33(15-17-37)20-28(23-44-33)36-22-29(38)24-43-30-7-5-8-31(19-30)45(39,40)34-2/h4-13,18-19,28-29,34-36,38H,3,14-17,20-24H2,1-2H3/t28?,29-/m0/s1. The normalized spacial score (nSPS) is 19.3. The maximum atomic E-state index is 13.6. The molecule has 0 aromatic heterocycles. The molecule has 2 aliphatic heterocycles. The van der Waals surface area contributed by atoms with E-state index in [9.17, 15) is 21.9 Å². The predicted molar refractivity (Wildman–Crippen MR) is 177 cm³/mol. The zero-order valence-electron chi connectivity index (χ0n) is 26.3. The van der Waals surface area contributed by atoms with Crippen LogP contribution in [0.4, 0.5) is 0 Å². The fourth-order valence-corrected chi connectivity index (χ4v) is 8.18. The van der Waals surface area contributed by atoms with Gasteiger partial charge in [0.25, 0.3) is 0 Å². The largest absolute Gasteiger partial charge is 0.491 e. The minimum absolute atomic E-state index is 0.00938. The quantitative estimate of drug-likeness (QED) is 0.203. The Morgan fingerprint density at radius 2 is 1.70 bits per heavy atom. The van der Waals surface area contributed by atoms with Crippen LogP contribution in [0.25, 0.3) is 11.1 Å². The van der Waals surface area contributed by atoms with Crippen LogP contribution < -0.4 is 20.1 Å². The molecule has 46 heavy (non-hydrogen) atoms. The Kier molecular flexibility index (Phi) is 11.2. The number of nitrogens with zero attached hydrogens (tertiary/aromatic N) is 1. The summed E-state index contributed by atoms with van der Waals surface area (Å²) in [6, 6.07) is 21.4. The third kappa shape index (κ3) is 8.33. The third-order valence-electron chi connectivity index (χ3n) is 8.65. The topological polar surface area (TPSA) is 146 Å². The van der Waals surface area contributed by atoms with E-state index in [1.807, 2.05) is 18.2 Å². The van der Waals surface area contributed by atoms with E-state index in [-0.39, 0.29) is 29.0 Å². The van der Waals surface area contributed by atoms with Crippen molar-refractivity contribution in [1.82, 2.24) is 19.7 Å². The van der Waals surface area contributed by atoms with Gasteiger partial charge in [-0.25, -0.2) is 21.6 Å². The minimum Gasteiger partial charge on any atom is -0.491 e. The molecular weight excluding hydrogens is 629 g/mol. The van der Waals surface area contributed by atoms with Gasteiger partial charge in [-0.2, -0.15) is 4.31 Å². The molecule has 2 heterocycles. The highest BCUT2D eigenvalue weighted by atomic mass is 32.2. The van der Waals surface area contributed by atoms with E-state index in [4.69, 9.17) is 9.47 Å². The van der Waals surface area contributed by atoms with Gasteiger partial charge < -0.3 is 25.2 Å². The van der Waals surface area contributed by atoms with Crippen molar-refractivity contribution in [2.24, 2.45) is 0 Å². The first-order valence-corrected chi connectivity index (χ1v) is 18.6. The monoisotopic (exact) mass is 672 g/mol. The van der Waals surface area contributed by atoms with Crippen LogP contribution in [0.2, 0.25) is 0 Å². The summed E-state index contributed by atoms with van der Waals surface area (Å²) in [6.45, 7) is 5.24. The molecule has 2 atom stereocenters. The summed E-state index contributed by atoms with van der Waals surface area (Å²) >= 11 is 0. The van der Waals surface area contributed by atoms with E-state index in [1.54, 1.807) is 34.6 Å². The second kappa shape index (κ2) is 14.9. The van der Waals surface area contributed by atoms with E-state index >= 15 is 0 Å². The smallest absolute Gasteiger partial charge is 0.243 e. The number of ether oxygens (including phenoxy) is 2. The summed E-state index contributed by atoms with van der Waals surface area (Å²) in [5.41, 5.74) is 2.61. The minimum atomic E-state index is -3.67. The summed E-state index contributed by atoms with van der Waals surface area (Å²) in [4.78, 5) is 0.374.